The van der Waals surface area contributed by atoms with Gasteiger partial charge in [-0.3, -0.25) is 14.8 Å². The molecule has 0 aliphatic carbocycles. The molecule has 0 radical (unpaired) electrons. The lowest BCUT2D eigenvalue weighted by Gasteiger charge is -2.30. The van der Waals surface area contributed by atoms with Crippen LogP contribution < -0.4 is 5.73 Å². The van der Waals surface area contributed by atoms with E-state index in [4.69, 9.17) is 10.8 Å². The molecule has 2 atom stereocenters. The van der Waals surface area contributed by atoms with Crippen LogP contribution in [-0.4, -0.2) is 27.1 Å². The topological polar surface area (TPSA) is 89.1 Å². The van der Waals surface area contributed by atoms with E-state index in [0.29, 0.717) is 5.69 Å². The van der Waals surface area contributed by atoms with Gasteiger partial charge in [0.1, 0.15) is 0 Å². The van der Waals surface area contributed by atoms with E-state index in [-0.39, 0.29) is 12.5 Å². The zero-order valence-electron chi connectivity index (χ0n) is 8.84. The molecule has 1 aromatic heterocycles. The predicted octanol–water partition coefficient (Wildman–Crippen LogP) is 0.556. The molecule has 82 valence electrons. The lowest BCUT2D eigenvalue weighted by molar-refractivity contribution is -0.138. The van der Waals surface area contributed by atoms with Gasteiger partial charge in [-0.05, 0) is 6.92 Å². The van der Waals surface area contributed by atoms with Crippen LogP contribution in [0.4, 0.5) is 0 Å². The summed E-state index contributed by atoms with van der Waals surface area (Å²) in [6, 6.07) is -0.301. The summed E-state index contributed by atoms with van der Waals surface area (Å²) in [5.74, 6) is -0.888. The van der Waals surface area contributed by atoms with Gasteiger partial charge in [0.2, 0.25) is 0 Å². The molecule has 2 unspecified atom stereocenters. The van der Waals surface area contributed by atoms with Gasteiger partial charge in [0.15, 0.2) is 0 Å². The molecule has 15 heavy (non-hydrogen) atoms. The van der Waals surface area contributed by atoms with Crippen LogP contribution in [-0.2, 0) is 10.2 Å². The third-order valence-electron chi connectivity index (χ3n) is 2.67. The Morgan fingerprint density at radius 3 is 2.73 bits per heavy atom. The van der Waals surface area contributed by atoms with Crippen molar-refractivity contribution in [1.82, 2.24) is 9.97 Å². The first-order valence-corrected chi connectivity index (χ1v) is 4.70. The molecular weight excluding hydrogens is 194 g/mol. The van der Waals surface area contributed by atoms with E-state index in [9.17, 15) is 4.79 Å². The zero-order chi connectivity index (χ0) is 11.5. The van der Waals surface area contributed by atoms with Crippen molar-refractivity contribution >= 4 is 5.97 Å². The Balaban J connectivity index is 3.07. The van der Waals surface area contributed by atoms with E-state index in [1.807, 2.05) is 0 Å². The van der Waals surface area contributed by atoms with Crippen LogP contribution >= 0.6 is 0 Å². The maximum Gasteiger partial charge on any atom is 0.304 e. The number of carboxylic acids is 1. The van der Waals surface area contributed by atoms with Crippen molar-refractivity contribution in [3.05, 3.63) is 24.3 Å². The average Bonchev–Trinajstić information content (AvgIpc) is 2.17. The van der Waals surface area contributed by atoms with Crippen LogP contribution in [0, 0.1) is 0 Å². The highest BCUT2D eigenvalue weighted by molar-refractivity contribution is 5.69. The van der Waals surface area contributed by atoms with Crippen molar-refractivity contribution in [3.8, 4) is 0 Å². The SMILES string of the molecule is CC(N)C(C)(CC(=O)O)c1cnccn1. The Labute approximate surface area is 88.4 Å². The van der Waals surface area contributed by atoms with Gasteiger partial charge in [-0.2, -0.15) is 0 Å². The molecule has 0 amide bonds. The molecule has 1 heterocycles. The third-order valence-corrected chi connectivity index (χ3v) is 2.67. The molecule has 1 rings (SSSR count). The first kappa shape index (κ1) is 11.6. The number of nitrogens with zero attached hydrogens (tertiary/aromatic N) is 2. The van der Waals surface area contributed by atoms with Crippen LogP contribution in [0.1, 0.15) is 26.0 Å². The molecule has 0 bridgehead atoms. The molecule has 3 N–H and O–H groups in total. The van der Waals surface area contributed by atoms with Gasteiger partial charge in [0, 0.05) is 30.0 Å². The molecule has 0 aromatic carbocycles. The molecule has 1 aromatic rings. The fourth-order valence-electron chi connectivity index (χ4n) is 1.39. The largest absolute Gasteiger partial charge is 0.481 e. The molecule has 0 saturated carbocycles. The van der Waals surface area contributed by atoms with Crippen LogP contribution in [0.25, 0.3) is 0 Å². The molecule has 0 aliphatic heterocycles. The van der Waals surface area contributed by atoms with E-state index in [2.05, 4.69) is 9.97 Å². The van der Waals surface area contributed by atoms with Gasteiger partial charge in [-0.1, -0.05) is 6.92 Å². The first-order valence-electron chi connectivity index (χ1n) is 4.70. The van der Waals surface area contributed by atoms with Crippen LogP contribution in [0.3, 0.4) is 0 Å². The fourth-order valence-corrected chi connectivity index (χ4v) is 1.39. The maximum absolute atomic E-state index is 10.8. The Hall–Kier alpha value is -1.49. The first-order chi connectivity index (χ1) is 6.97. The third kappa shape index (κ3) is 2.50. The Bertz CT molecular complexity index is 340. The van der Waals surface area contributed by atoms with Crippen molar-refractivity contribution in [3.63, 3.8) is 0 Å². The van der Waals surface area contributed by atoms with E-state index in [1.54, 1.807) is 26.2 Å². The van der Waals surface area contributed by atoms with Crippen molar-refractivity contribution < 1.29 is 9.90 Å². The van der Waals surface area contributed by atoms with E-state index >= 15 is 0 Å². The summed E-state index contributed by atoms with van der Waals surface area (Å²) in [7, 11) is 0. The number of carboxylic acid groups (broad SMARTS) is 1. The smallest absolute Gasteiger partial charge is 0.304 e. The molecule has 5 heteroatoms. The number of aliphatic carboxylic acids is 1. The summed E-state index contributed by atoms with van der Waals surface area (Å²) < 4.78 is 0. The lowest BCUT2D eigenvalue weighted by Crippen LogP contribution is -2.43. The lowest BCUT2D eigenvalue weighted by atomic mass is 9.77. The minimum atomic E-state index is -0.888. The Morgan fingerprint density at radius 1 is 1.67 bits per heavy atom. The number of hydrogen-bond donors (Lipinski definition) is 2. The van der Waals surface area contributed by atoms with E-state index in [0.717, 1.165) is 0 Å². The van der Waals surface area contributed by atoms with Crippen molar-refractivity contribution in [2.45, 2.75) is 31.7 Å². The monoisotopic (exact) mass is 209 g/mol. The molecule has 0 spiro atoms. The molecular formula is C10H15N3O2. The molecule has 5 nitrogen and oxygen atoms in total. The Kier molecular flexibility index (Phi) is 3.36. The van der Waals surface area contributed by atoms with E-state index < -0.39 is 11.4 Å². The van der Waals surface area contributed by atoms with Gasteiger partial charge in [0.05, 0.1) is 12.1 Å². The van der Waals surface area contributed by atoms with Crippen LogP contribution in [0.15, 0.2) is 18.6 Å². The van der Waals surface area contributed by atoms with E-state index in [1.165, 1.54) is 6.20 Å². The van der Waals surface area contributed by atoms with Gasteiger partial charge in [-0.25, -0.2) is 0 Å². The average molecular weight is 209 g/mol. The predicted molar refractivity (Wildman–Crippen MR) is 55.3 cm³/mol. The van der Waals surface area contributed by atoms with Crippen LogP contribution in [0.2, 0.25) is 0 Å². The van der Waals surface area contributed by atoms with Gasteiger partial charge in [-0.15, -0.1) is 0 Å². The highest BCUT2D eigenvalue weighted by Crippen LogP contribution is 2.28. The highest BCUT2D eigenvalue weighted by Gasteiger charge is 2.35. The van der Waals surface area contributed by atoms with Gasteiger partial charge in [0.25, 0.3) is 0 Å². The van der Waals surface area contributed by atoms with Crippen LogP contribution in [0.5, 0.6) is 0 Å². The second kappa shape index (κ2) is 4.35. The normalized spacial score (nSPS) is 16.7. The molecule has 0 fully saturated rings. The van der Waals surface area contributed by atoms with Crippen molar-refractivity contribution in [1.29, 1.82) is 0 Å². The number of carbonyl (C=O) groups is 1. The number of nitrogens with two attached hydrogens (primary N) is 1. The summed E-state index contributed by atoms with van der Waals surface area (Å²) in [6.07, 6.45) is 4.60. The van der Waals surface area contributed by atoms with Gasteiger partial charge < -0.3 is 10.8 Å². The summed E-state index contributed by atoms with van der Waals surface area (Å²) in [5.41, 5.74) is 5.75. The number of hydrogen-bond acceptors (Lipinski definition) is 4. The summed E-state index contributed by atoms with van der Waals surface area (Å²) in [5, 5.41) is 8.86. The quantitative estimate of drug-likeness (QED) is 0.756. The Morgan fingerprint density at radius 2 is 2.33 bits per heavy atom. The molecule has 0 aliphatic rings. The summed E-state index contributed by atoms with van der Waals surface area (Å²) in [4.78, 5) is 18.8. The second-order valence-electron chi connectivity index (χ2n) is 3.87. The zero-order valence-corrected chi connectivity index (χ0v) is 8.84. The minimum absolute atomic E-state index is 0.0522. The van der Waals surface area contributed by atoms with Gasteiger partial charge >= 0.3 is 5.97 Å². The summed E-state index contributed by atoms with van der Waals surface area (Å²) in [6.45, 7) is 3.56. The minimum Gasteiger partial charge on any atom is -0.481 e. The number of aromatic nitrogens is 2. The van der Waals surface area contributed by atoms with Crippen molar-refractivity contribution in [2.24, 2.45) is 5.73 Å². The number of rotatable bonds is 4. The standard InChI is InChI=1S/C10H15N3O2/c1-7(11)10(2,5-9(14)15)8-6-12-3-4-13-8/h3-4,6-7H,5,11H2,1-2H3,(H,14,15). The molecule has 0 saturated heterocycles. The van der Waals surface area contributed by atoms with Crippen molar-refractivity contribution in [2.75, 3.05) is 0 Å². The maximum atomic E-state index is 10.8. The highest BCUT2D eigenvalue weighted by atomic mass is 16.4. The fraction of sp³-hybridized carbons (Fsp3) is 0.500. The second-order valence-corrected chi connectivity index (χ2v) is 3.87. The summed E-state index contributed by atoms with van der Waals surface area (Å²) >= 11 is 0.